The van der Waals surface area contributed by atoms with E-state index in [2.05, 4.69) is 79.7 Å². The fourth-order valence-corrected chi connectivity index (χ4v) is 3.73. The summed E-state index contributed by atoms with van der Waals surface area (Å²) in [6, 6.07) is 38.0. The van der Waals surface area contributed by atoms with Gasteiger partial charge >= 0.3 is 11.5 Å². The zero-order chi connectivity index (χ0) is 24.1. The van der Waals surface area contributed by atoms with E-state index in [1.54, 1.807) is 0 Å². The fraction of sp³-hybridized carbons (Fsp3) is 0.0357. The molecule has 1 aromatic heterocycles. The van der Waals surface area contributed by atoms with Crippen LogP contribution in [0.15, 0.2) is 114 Å². The summed E-state index contributed by atoms with van der Waals surface area (Å²) in [5, 5.41) is 0. The molecule has 0 saturated carbocycles. The summed E-state index contributed by atoms with van der Waals surface area (Å²) in [6.45, 7) is 2.13. The van der Waals surface area contributed by atoms with Crippen LogP contribution in [0.1, 0.15) is 5.56 Å². The van der Waals surface area contributed by atoms with Gasteiger partial charge in [0, 0.05) is 5.56 Å². The van der Waals surface area contributed by atoms with Crippen LogP contribution in [0.2, 0.25) is 0 Å². The Balaban J connectivity index is 0.000000499. The monoisotopic (exact) mass is 472 g/mol. The van der Waals surface area contributed by atoms with E-state index < -0.39 is 10.2 Å². The van der Waals surface area contributed by atoms with Gasteiger partial charge in [0.15, 0.2) is 0 Å². The van der Waals surface area contributed by atoms with Gasteiger partial charge in [-0.05, 0) is 47.9 Å². The second-order valence-corrected chi connectivity index (χ2v) is 8.47. The first-order valence-corrected chi connectivity index (χ1v) is 11.7. The highest BCUT2D eigenvalue weighted by atomic mass is 35.7. The lowest BCUT2D eigenvalue weighted by Gasteiger charge is -2.17. The Kier molecular flexibility index (Phi) is 7.03. The third-order valence-corrected chi connectivity index (χ3v) is 5.29. The molecule has 1 heterocycles. The Morgan fingerprint density at radius 3 is 1.44 bits per heavy atom. The lowest BCUT2D eigenvalue weighted by molar-refractivity contribution is -2.00. The van der Waals surface area contributed by atoms with Gasteiger partial charge in [-0.1, -0.05) is 78.4 Å². The van der Waals surface area contributed by atoms with Crippen molar-refractivity contribution < 1.29 is 33.3 Å². The van der Waals surface area contributed by atoms with Crippen molar-refractivity contribution >= 4 is 0 Å². The third kappa shape index (κ3) is 6.05. The predicted octanol–water partition coefficient (Wildman–Crippen LogP) is 3.22. The lowest BCUT2D eigenvalue weighted by atomic mass is 10.00. The lowest BCUT2D eigenvalue weighted by Crippen LogP contribution is -2.68. The number of hydrogen-bond donors (Lipinski definition) is 0. The van der Waals surface area contributed by atoms with E-state index in [-0.39, 0.29) is 0 Å². The minimum atomic E-state index is -4.94. The van der Waals surface area contributed by atoms with Gasteiger partial charge in [0.2, 0.25) is 0 Å². The quantitative estimate of drug-likeness (QED) is 0.375. The molecule has 0 unspecified atom stereocenters. The van der Waals surface area contributed by atoms with Gasteiger partial charge in [0.25, 0.3) is 0 Å². The minimum Gasteiger partial charge on any atom is -0.222 e. The molecule has 2 aliphatic rings. The van der Waals surface area contributed by atoms with Crippen LogP contribution in [0.25, 0.3) is 44.9 Å². The average Bonchev–Trinajstić information content (AvgIpc) is 3.15. The zero-order valence-electron chi connectivity index (χ0n) is 18.3. The molecule has 0 amide bonds. The Hall–Kier alpha value is -3.58. The summed E-state index contributed by atoms with van der Waals surface area (Å²) in [6.07, 6.45) is 0. The molecule has 6 heteroatoms. The summed E-state index contributed by atoms with van der Waals surface area (Å²) in [5.74, 6) is 1.74. The third-order valence-electron chi connectivity index (χ3n) is 5.29. The summed E-state index contributed by atoms with van der Waals surface area (Å²) >= 11 is 0. The Morgan fingerprint density at radius 1 is 0.500 bits per heavy atom. The number of halogens is 1. The molecule has 0 fully saturated rings. The summed E-state index contributed by atoms with van der Waals surface area (Å²) in [7, 11) is -4.94. The Labute approximate surface area is 199 Å². The minimum absolute atomic E-state index is 0.868. The topological polar surface area (TPSA) is 104 Å². The maximum atomic E-state index is 8.49. The molecule has 0 saturated heterocycles. The highest BCUT2D eigenvalue weighted by Crippen LogP contribution is 2.39. The smallest absolute Gasteiger partial charge is 0.222 e. The van der Waals surface area contributed by atoms with Crippen LogP contribution in [0.4, 0.5) is 0 Å². The second kappa shape index (κ2) is 10.1. The Morgan fingerprint density at radius 2 is 0.912 bits per heavy atom. The van der Waals surface area contributed by atoms with Crippen LogP contribution in [0.3, 0.4) is 0 Å². The van der Waals surface area contributed by atoms with Crippen molar-refractivity contribution in [1.82, 2.24) is 0 Å². The van der Waals surface area contributed by atoms with Crippen LogP contribution >= 0.6 is 0 Å². The predicted molar refractivity (Wildman–Crippen MR) is 121 cm³/mol. The SMILES string of the molecule is Cc1ccc2ccc(-c3cc(-c4ccccc4)[o+]c(-c4ccccc4)c3)c-2cc1.[O-][Cl+3]([O-])([O-])[O-]. The summed E-state index contributed by atoms with van der Waals surface area (Å²) in [5.41, 5.74) is 8.28. The first kappa shape index (κ1) is 23.6. The molecule has 5 rings (SSSR count). The van der Waals surface area contributed by atoms with Gasteiger partial charge in [0.1, 0.15) is 0 Å². The van der Waals surface area contributed by atoms with Crippen LogP contribution in [-0.4, -0.2) is 0 Å². The molecule has 34 heavy (non-hydrogen) atoms. The standard InChI is InChI=1S/C28H21O.ClHO4/c1-20-12-14-21-15-17-26(25(21)16-13-20)24-18-27(22-8-4-2-5-9-22)29-28(19-24)23-10-6-3-7-11-23;2-1(3,4)5/h2-19H,1H3;(H,2,3,4,5)/q+1;/p-1. The molecule has 2 aromatic carbocycles. The second-order valence-electron chi connectivity index (χ2n) is 7.71. The van der Waals surface area contributed by atoms with Gasteiger partial charge in [-0.3, -0.25) is 0 Å². The van der Waals surface area contributed by atoms with Crippen molar-refractivity contribution in [3.05, 3.63) is 115 Å². The normalized spacial score (nSPS) is 11.1. The average molecular weight is 473 g/mol. The van der Waals surface area contributed by atoms with Gasteiger partial charge in [-0.2, -0.15) is 0 Å². The molecule has 0 atom stereocenters. The molecule has 0 radical (unpaired) electrons. The van der Waals surface area contributed by atoms with Crippen molar-refractivity contribution in [2.45, 2.75) is 6.92 Å². The van der Waals surface area contributed by atoms with Crippen molar-refractivity contribution in [1.29, 1.82) is 0 Å². The fourth-order valence-electron chi connectivity index (χ4n) is 3.73. The number of aryl methyl sites for hydroxylation is 1. The van der Waals surface area contributed by atoms with Gasteiger partial charge < -0.3 is 0 Å². The number of benzene rings is 2. The summed E-state index contributed by atoms with van der Waals surface area (Å²) < 4.78 is 40.3. The van der Waals surface area contributed by atoms with E-state index in [1.165, 1.54) is 22.3 Å². The molecule has 0 bridgehead atoms. The van der Waals surface area contributed by atoms with Gasteiger partial charge in [-0.15, -0.1) is 10.2 Å². The number of hydrogen-bond acceptors (Lipinski definition) is 4. The van der Waals surface area contributed by atoms with E-state index in [1.807, 2.05) is 36.4 Å². The molecular weight excluding hydrogens is 452 g/mol. The highest BCUT2D eigenvalue weighted by molar-refractivity contribution is 5.88. The van der Waals surface area contributed by atoms with Crippen molar-refractivity contribution in [3.63, 3.8) is 0 Å². The maximum absolute atomic E-state index is 8.49. The van der Waals surface area contributed by atoms with Crippen molar-refractivity contribution in [2.24, 2.45) is 0 Å². The summed E-state index contributed by atoms with van der Waals surface area (Å²) in [4.78, 5) is 0. The van der Waals surface area contributed by atoms with Crippen LogP contribution < -0.4 is 18.6 Å². The molecule has 0 N–H and O–H groups in total. The maximum Gasteiger partial charge on any atom is 0.361 e. The van der Waals surface area contributed by atoms with E-state index in [0.29, 0.717) is 0 Å². The molecule has 0 spiro atoms. The number of fused-ring (bicyclic) bond motifs is 1. The number of rotatable bonds is 3. The Bertz CT molecular complexity index is 1280. The van der Waals surface area contributed by atoms with Crippen LogP contribution in [-0.2, 0) is 0 Å². The first-order valence-electron chi connectivity index (χ1n) is 10.5. The highest BCUT2D eigenvalue weighted by Gasteiger charge is 2.22. The van der Waals surface area contributed by atoms with E-state index in [9.17, 15) is 0 Å². The first-order chi connectivity index (χ1) is 16.3. The molecule has 5 nitrogen and oxygen atoms in total. The van der Waals surface area contributed by atoms with Crippen LogP contribution in [0, 0.1) is 17.2 Å². The van der Waals surface area contributed by atoms with Crippen LogP contribution in [0.5, 0.6) is 0 Å². The molecule has 0 aliphatic heterocycles. The molecular formula is C28H21ClO5. The molecule has 170 valence electrons. The van der Waals surface area contributed by atoms with Gasteiger partial charge in [-0.25, -0.2) is 23.1 Å². The van der Waals surface area contributed by atoms with E-state index in [0.717, 1.165) is 28.2 Å². The zero-order valence-corrected chi connectivity index (χ0v) is 19.1. The van der Waals surface area contributed by atoms with E-state index >= 15 is 0 Å². The largest absolute Gasteiger partial charge is 0.361 e. The van der Waals surface area contributed by atoms with E-state index in [4.69, 9.17) is 23.1 Å². The molecule has 2 aliphatic carbocycles. The van der Waals surface area contributed by atoms with Crippen molar-refractivity contribution in [3.8, 4) is 44.9 Å². The van der Waals surface area contributed by atoms with Crippen molar-refractivity contribution in [2.75, 3.05) is 0 Å². The molecule has 3 aromatic rings. The van der Waals surface area contributed by atoms with Gasteiger partial charge in [0.05, 0.1) is 23.3 Å².